The van der Waals surface area contributed by atoms with Crippen LogP contribution in [0.3, 0.4) is 0 Å². The highest BCUT2D eigenvalue weighted by Gasteiger charge is 2.09. The van der Waals surface area contributed by atoms with Gasteiger partial charge in [0.05, 0.1) is 12.1 Å². The molecule has 0 bridgehead atoms. The predicted octanol–water partition coefficient (Wildman–Crippen LogP) is 2.14. The molecule has 1 aromatic heterocycles. The van der Waals surface area contributed by atoms with Gasteiger partial charge in [-0.3, -0.25) is 9.59 Å². The van der Waals surface area contributed by atoms with E-state index < -0.39 is 5.97 Å². The van der Waals surface area contributed by atoms with Gasteiger partial charge >= 0.3 is 5.97 Å². The van der Waals surface area contributed by atoms with Crippen LogP contribution in [0.2, 0.25) is 0 Å². The Labute approximate surface area is 155 Å². The molecule has 0 aliphatic carbocycles. The Kier molecular flexibility index (Phi) is 5.65. The Bertz CT molecular complexity index is 950. The molecule has 0 spiro atoms. The van der Waals surface area contributed by atoms with Gasteiger partial charge in [-0.25, -0.2) is 4.68 Å². The van der Waals surface area contributed by atoms with Gasteiger partial charge in [0, 0.05) is 25.6 Å². The lowest BCUT2D eigenvalue weighted by Gasteiger charge is -2.08. The molecular weight excluding hydrogens is 348 g/mol. The molecule has 8 heteroatoms. The minimum absolute atomic E-state index is 0.0878. The molecule has 3 aromatic rings. The number of carbonyl (C=O) groups is 2. The summed E-state index contributed by atoms with van der Waals surface area (Å²) in [4.78, 5) is 22.8. The van der Waals surface area contributed by atoms with E-state index in [-0.39, 0.29) is 12.3 Å². The second-order valence-corrected chi connectivity index (χ2v) is 6.09. The summed E-state index contributed by atoms with van der Waals surface area (Å²) in [5.41, 5.74) is 3.00. The second-order valence-electron chi connectivity index (χ2n) is 6.09. The first kappa shape index (κ1) is 18.4. The summed E-state index contributed by atoms with van der Waals surface area (Å²) in [6.07, 6.45) is 0.549. The van der Waals surface area contributed by atoms with E-state index in [1.807, 2.05) is 18.2 Å². The van der Waals surface area contributed by atoms with Gasteiger partial charge in [-0.2, -0.15) is 0 Å². The van der Waals surface area contributed by atoms with Crippen LogP contribution in [-0.4, -0.2) is 38.6 Å². The molecule has 0 atom stereocenters. The van der Waals surface area contributed by atoms with E-state index in [2.05, 4.69) is 15.6 Å². The van der Waals surface area contributed by atoms with Crippen molar-refractivity contribution in [3.05, 3.63) is 53.6 Å². The lowest BCUT2D eigenvalue weighted by molar-refractivity contribution is -0.137. The van der Waals surface area contributed by atoms with Crippen LogP contribution in [0.5, 0.6) is 5.75 Å². The van der Waals surface area contributed by atoms with Crippen LogP contribution < -0.4 is 10.1 Å². The number of carboxylic acids is 1. The molecule has 2 aromatic carbocycles. The Hall–Kier alpha value is -3.42. The van der Waals surface area contributed by atoms with Gasteiger partial charge in [-0.05, 0) is 42.3 Å². The summed E-state index contributed by atoms with van der Waals surface area (Å²) in [6.45, 7) is 0.740. The van der Waals surface area contributed by atoms with E-state index in [0.29, 0.717) is 36.4 Å². The minimum atomic E-state index is -0.830. The zero-order chi connectivity index (χ0) is 19.2. The number of carboxylic acid groups (broad SMARTS) is 1. The number of fused-ring (bicyclic) bond motifs is 1. The number of amides is 1. The fourth-order valence-corrected chi connectivity index (χ4v) is 2.58. The lowest BCUT2D eigenvalue weighted by atomic mass is 10.1. The number of aromatic nitrogens is 3. The quantitative estimate of drug-likeness (QED) is 0.590. The Morgan fingerprint density at radius 2 is 1.96 bits per heavy atom. The predicted molar refractivity (Wildman–Crippen MR) is 98.5 cm³/mol. The SMILES string of the molecule is Cn1nnc2cc(C(=O)NCc3ccc(OCCCC(=O)O)cc3)ccc21. The lowest BCUT2D eigenvalue weighted by Crippen LogP contribution is -2.22. The van der Waals surface area contributed by atoms with Crippen molar-refractivity contribution in [3.63, 3.8) is 0 Å². The van der Waals surface area contributed by atoms with Gasteiger partial charge < -0.3 is 15.2 Å². The van der Waals surface area contributed by atoms with Gasteiger partial charge in [0.25, 0.3) is 5.91 Å². The molecule has 0 saturated heterocycles. The van der Waals surface area contributed by atoms with E-state index in [0.717, 1.165) is 11.1 Å². The minimum Gasteiger partial charge on any atom is -0.494 e. The first-order chi connectivity index (χ1) is 13.0. The maximum absolute atomic E-state index is 12.3. The first-order valence-corrected chi connectivity index (χ1v) is 8.54. The maximum atomic E-state index is 12.3. The Morgan fingerprint density at radius 3 is 2.70 bits per heavy atom. The van der Waals surface area contributed by atoms with Gasteiger partial charge in [-0.1, -0.05) is 17.3 Å². The number of nitrogens with zero attached hydrogens (tertiary/aromatic N) is 3. The zero-order valence-electron chi connectivity index (χ0n) is 14.9. The molecule has 1 heterocycles. The molecular formula is C19H20N4O4. The van der Waals surface area contributed by atoms with Gasteiger partial charge in [-0.15, -0.1) is 5.10 Å². The molecule has 1 amide bonds. The van der Waals surface area contributed by atoms with E-state index in [1.165, 1.54) is 0 Å². The number of nitrogens with one attached hydrogen (secondary N) is 1. The maximum Gasteiger partial charge on any atom is 0.303 e. The Balaban J connectivity index is 1.51. The second kappa shape index (κ2) is 8.31. The fraction of sp³-hybridized carbons (Fsp3) is 0.263. The molecule has 0 fully saturated rings. The molecule has 8 nitrogen and oxygen atoms in total. The van der Waals surface area contributed by atoms with Crippen LogP contribution in [0.25, 0.3) is 11.0 Å². The smallest absolute Gasteiger partial charge is 0.303 e. The van der Waals surface area contributed by atoms with E-state index in [9.17, 15) is 9.59 Å². The van der Waals surface area contributed by atoms with Crippen LogP contribution in [0.1, 0.15) is 28.8 Å². The molecule has 0 aliphatic rings. The highest BCUT2D eigenvalue weighted by atomic mass is 16.5. The number of hydrogen-bond acceptors (Lipinski definition) is 5. The van der Waals surface area contributed by atoms with Crippen LogP contribution in [0.15, 0.2) is 42.5 Å². The van der Waals surface area contributed by atoms with Gasteiger partial charge in [0.15, 0.2) is 0 Å². The highest BCUT2D eigenvalue weighted by molar-refractivity contribution is 5.97. The molecule has 0 unspecified atom stereocenters. The highest BCUT2D eigenvalue weighted by Crippen LogP contribution is 2.14. The number of benzene rings is 2. The van der Waals surface area contributed by atoms with Crippen molar-refractivity contribution in [2.45, 2.75) is 19.4 Å². The summed E-state index contributed by atoms with van der Waals surface area (Å²) in [5.74, 6) is -0.344. The van der Waals surface area contributed by atoms with Crippen LogP contribution in [0, 0.1) is 0 Å². The van der Waals surface area contributed by atoms with Crippen molar-refractivity contribution in [1.29, 1.82) is 0 Å². The molecule has 140 valence electrons. The van der Waals surface area contributed by atoms with Crippen LogP contribution >= 0.6 is 0 Å². The van der Waals surface area contributed by atoms with Crippen molar-refractivity contribution in [2.75, 3.05) is 6.61 Å². The van der Waals surface area contributed by atoms with Crippen molar-refractivity contribution in [1.82, 2.24) is 20.3 Å². The van der Waals surface area contributed by atoms with Gasteiger partial charge in [0.1, 0.15) is 11.3 Å². The monoisotopic (exact) mass is 368 g/mol. The van der Waals surface area contributed by atoms with E-state index >= 15 is 0 Å². The average Bonchev–Trinajstić information content (AvgIpc) is 3.04. The largest absolute Gasteiger partial charge is 0.494 e. The van der Waals surface area contributed by atoms with Crippen molar-refractivity contribution in [2.24, 2.45) is 7.05 Å². The molecule has 3 rings (SSSR count). The third-order valence-corrected chi connectivity index (χ3v) is 4.05. The number of hydrogen-bond donors (Lipinski definition) is 2. The number of rotatable bonds is 8. The summed E-state index contributed by atoms with van der Waals surface area (Å²) in [5, 5.41) is 19.4. The third kappa shape index (κ3) is 4.81. The molecule has 0 saturated carbocycles. The number of carbonyl (C=O) groups excluding carboxylic acids is 1. The topological polar surface area (TPSA) is 106 Å². The van der Waals surface area contributed by atoms with Crippen LogP contribution in [0.4, 0.5) is 0 Å². The van der Waals surface area contributed by atoms with Gasteiger partial charge in [0.2, 0.25) is 0 Å². The van der Waals surface area contributed by atoms with E-state index in [1.54, 1.807) is 36.0 Å². The van der Waals surface area contributed by atoms with Crippen molar-refractivity contribution in [3.8, 4) is 5.75 Å². The molecule has 0 aliphatic heterocycles. The number of aryl methyl sites for hydroxylation is 1. The summed E-state index contributed by atoms with van der Waals surface area (Å²) < 4.78 is 7.14. The normalized spacial score (nSPS) is 10.7. The van der Waals surface area contributed by atoms with E-state index in [4.69, 9.17) is 9.84 Å². The summed E-state index contributed by atoms with van der Waals surface area (Å²) >= 11 is 0. The average molecular weight is 368 g/mol. The standard InChI is InChI=1S/C19H20N4O4/c1-23-17-9-6-14(11-16(17)21-22-23)19(26)20-12-13-4-7-15(8-5-13)27-10-2-3-18(24)25/h4-9,11H,2-3,10,12H2,1H3,(H,20,26)(H,24,25). The summed E-state index contributed by atoms with van der Waals surface area (Å²) in [7, 11) is 1.80. The zero-order valence-corrected chi connectivity index (χ0v) is 14.9. The van der Waals surface area contributed by atoms with Crippen LogP contribution in [-0.2, 0) is 18.4 Å². The molecule has 0 radical (unpaired) electrons. The number of aliphatic carboxylic acids is 1. The first-order valence-electron chi connectivity index (χ1n) is 8.54. The number of ether oxygens (including phenoxy) is 1. The van der Waals surface area contributed by atoms with Crippen molar-refractivity contribution < 1.29 is 19.4 Å². The van der Waals surface area contributed by atoms with Crippen molar-refractivity contribution >= 4 is 22.9 Å². The summed E-state index contributed by atoms with van der Waals surface area (Å²) in [6, 6.07) is 12.6. The Morgan fingerprint density at radius 1 is 1.19 bits per heavy atom. The molecule has 2 N–H and O–H groups in total. The fourth-order valence-electron chi connectivity index (χ4n) is 2.58. The molecule has 27 heavy (non-hydrogen) atoms. The third-order valence-electron chi connectivity index (χ3n) is 4.05.